The molecular formula is C23H35N3O5. The lowest BCUT2D eigenvalue weighted by molar-refractivity contribution is -0.135. The zero-order chi connectivity index (χ0) is 23.0. The fraction of sp³-hybridized carbons (Fsp3) is 0.609. The standard InChI is InChI=1S/C23H35N3O5/c1-6-25(16-20(27)24-18-9-7-8-10-19(18)30-5)21(28)15-17-11-13-26(14-12-17)22(29)31-23(2,3)4/h7-10,17H,6,11-16H2,1-5H3,(H,24,27). The lowest BCUT2D eigenvalue weighted by Gasteiger charge is -2.34. The predicted molar refractivity (Wildman–Crippen MR) is 119 cm³/mol. The van der Waals surface area contributed by atoms with Gasteiger partial charge in [-0.3, -0.25) is 9.59 Å². The molecule has 0 aromatic heterocycles. The van der Waals surface area contributed by atoms with Gasteiger partial charge in [0.15, 0.2) is 0 Å². The number of anilines is 1. The number of rotatable bonds is 7. The highest BCUT2D eigenvalue weighted by Crippen LogP contribution is 2.24. The van der Waals surface area contributed by atoms with Crippen molar-refractivity contribution in [1.82, 2.24) is 9.80 Å². The first kappa shape index (κ1) is 24.5. The van der Waals surface area contributed by atoms with E-state index in [1.165, 1.54) is 0 Å². The van der Waals surface area contributed by atoms with Crippen LogP contribution in [0.4, 0.5) is 10.5 Å². The molecule has 0 saturated carbocycles. The van der Waals surface area contributed by atoms with Crippen molar-refractivity contribution in [1.29, 1.82) is 0 Å². The molecule has 0 spiro atoms. The minimum atomic E-state index is -0.518. The summed E-state index contributed by atoms with van der Waals surface area (Å²) in [4.78, 5) is 40.7. The van der Waals surface area contributed by atoms with E-state index in [2.05, 4.69) is 5.32 Å². The molecule has 8 heteroatoms. The van der Waals surface area contributed by atoms with Crippen LogP contribution in [0.2, 0.25) is 0 Å². The van der Waals surface area contributed by atoms with Gasteiger partial charge in [-0.25, -0.2) is 4.79 Å². The fourth-order valence-electron chi connectivity index (χ4n) is 3.51. The van der Waals surface area contributed by atoms with Crippen molar-refractivity contribution in [2.24, 2.45) is 5.92 Å². The number of carbonyl (C=O) groups is 3. The second-order valence-corrected chi connectivity index (χ2v) is 8.77. The van der Waals surface area contributed by atoms with Crippen LogP contribution in [-0.2, 0) is 14.3 Å². The Hall–Kier alpha value is -2.77. The van der Waals surface area contributed by atoms with Crippen molar-refractivity contribution in [2.75, 3.05) is 38.6 Å². The molecule has 2 rings (SSSR count). The molecule has 0 aliphatic carbocycles. The number of hydrogen-bond donors (Lipinski definition) is 1. The van der Waals surface area contributed by atoms with Crippen LogP contribution in [0.3, 0.4) is 0 Å². The van der Waals surface area contributed by atoms with E-state index in [9.17, 15) is 14.4 Å². The molecule has 1 N–H and O–H groups in total. The molecule has 1 aliphatic rings. The van der Waals surface area contributed by atoms with E-state index in [4.69, 9.17) is 9.47 Å². The summed E-state index contributed by atoms with van der Waals surface area (Å²) < 4.78 is 10.7. The second kappa shape index (κ2) is 11.0. The Kier molecular flexibility index (Phi) is 8.71. The maximum Gasteiger partial charge on any atom is 0.410 e. The number of ether oxygens (including phenoxy) is 2. The molecule has 8 nitrogen and oxygen atoms in total. The Morgan fingerprint density at radius 2 is 1.81 bits per heavy atom. The number of nitrogens with one attached hydrogen (secondary N) is 1. The van der Waals surface area contributed by atoms with Crippen molar-refractivity contribution < 1.29 is 23.9 Å². The van der Waals surface area contributed by atoms with Crippen LogP contribution < -0.4 is 10.1 Å². The molecular weight excluding hydrogens is 398 g/mol. The van der Waals surface area contributed by atoms with Crippen LogP contribution in [0.1, 0.15) is 47.0 Å². The molecule has 172 valence electrons. The Morgan fingerprint density at radius 3 is 2.39 bits per heavy atom. The topological polar surface area (TPSA) is 88.2 Å². The van der Waals surface area contributed by atoms with Crippen molar-refractivity contribution in [3.63, 3.8) is 0 Å². The molecule has 31 heavy (non-hydrogen) atoms. The summed E-state index contributed by atoms with van der Waals surface area (Å²) in [6, 6.07) is 7.16. The number of methoxy groups -OCH3 is 1. The minimum absolute atomic E-state index is 0.00979. The molecule has 1 aromatic carbocycles. The fourth-order valence-corrected chi connectivity index (χ4v) is 3.51. The Labute approximate surface area is 184 Å². The lowest BCUT2D eigenvalue weighted by atomic mass is 9.93. The van der Waals surface area contributed by atoms with Gasteiger partial charge in [0, 0.05) is 26.1 Å². The van der Waals surface area contributed by atoms with Gasteiger partial charge in [-0.05, 0) is 58.6 Å². The van der Waals surface area contributed by atoms with Gasteiger partial charge < -0.3 is 24.6 Å². The number of amides is 3. The summed E-state index contributed by atoms with van der Waals surface area (Å²) in [6.07, 6.45) is 1.56. The van der Waals surface area contributed by atoms with Crippen molar-refractivity contribution >= 4 is 23.6 Å². The zero-order valence-corrected chi connectivity index (χ0v) is 19.3. The van der Waals surface area contributed by atoms with Gasteiger partial charge in [-0.15, -0.1) is 0 Å². The molecule has 3 amide bonds. The number of likely N-dealkylation sites (N-methyl/N-ethyl adjacent to an activating group) is 1. The summed E-state index contributed by atoms with van der Waals surface area (Å²) in [5.41, 5.74) is 0.0589. The van der Waals surface area contributed by atoms with E-state index in [1.54, 1.807) is 29.0 Å². The molecule has 1 saturated heterocycles. The first-order valence-corrected chi connectivity index (χ1v) is 10.8. The Morgan fingerprint density at radius 1 is 1.16 bits per heavy atom. The average molecular weight is 434 g/mol. The van der Waals surface area contributed by atoms with E-state index < -0.39 is 5.60 Å². The number of hydrogen-bond acceptors (Lipinski definition) is 5. The van der Waals surface area contributed by atoms with Gasteiger partial charge in [0.2, 0.25) is 11.8 Å². The van der Waals surface area contributed by atoms with Crippen molar-refractivity contribution in [3.8, 4) is 5.75 Å². The van der Waals surface area contributed by atoms with Crippen LogP contribution in [0, 0.1) is 5.92 Å². The molecule has 1 aliphatic heterocycles. The molecule has 0 atom stereocenters. The molecule has 1 heterocycles. The number of benzene rings is 1. The minimum Gasteiger partial charge on any atom is -0.495 e. The average Bonchev–Trinajstić information content (AvgIpc) is 2.71. The molecule has 0 bridgehead atoms. The molecule has 0 unspecified atom stereocenters. The largest absolute Gasteiger partial charge is 0.495 e. The quantitative estimate of drug-likeness (QED) is 0.711. The monoisotopic (exact) mass is 433 g/mol. The van der Waals surface area contributed by atoms with Gasteiger partial charge in [-0.1, -0.05) is 12.1 Å². The highest BCUT2D eigenvalue weighted by Gasteiger charge is 2.29. The second-order valence-electron chi connectivity index (χ2n) is 8.77. The summed E-state index contributed by atoms with van der Waals surface area (Å²) in [6.45, 7) is 9.00. The summed E-state index contributed by atoms with van der Waals surface area (Å²) >= 11 is 0. The van der Waals surface area contributed by atoms with E-state index in [0.717, 1.165) is 12.8 Å². The smallest absolute Gasteiger partial charge is 0.410 e. The highest BCUT2D eigenvalue weighted by atomic mass is 16.6. The number of para-hydroxylation sites is 2. The highest BCUT2D eigenvalue weighted by molar-refractivity contribution is 5.95. The van der Waals surface area contributed by atoms with E-state index in [1.807, 2.05) is 39.8 Å². The number of nitrogens with zero attached hydrogens (tertiary/aromatic N) is 2. The third-order valence-electron chi connectivity index (χ3n) is 5.18. The van der Waals surface area contributed by atoms with Crippen LogP contribution in [-0.4, -0.2) is 66.6 Å². The molecule has 1 fully saturated rings. The van der Waals surface area contributed by atoms with Crippen molar-refractivity contribution in [2.45, 2.75) is 52.6 Å². The lowest BCUT2D eigenvalue weighted by Crippen LogP contribution is -2.43. The van der Waals surface area contributed by atoms with Crippen LogP contribution in [0.5, 0.6) is 5.75 Å². The summed E-state index contributed by atoms with van der Waals surface area (Å²) in [5.74, 6) is 0.451. The Balaban J connectivity index is 1.82. The normalized spacial score (nSPS) is 14.7. The molecule has 0 radical (unpaired) electrons. The van der Waals surface area contributed by atoms with Crippen molar-refractivity contribution in [3.05, 3.63) is 24.3 Å². The van der Waals surface area contributed by atoms with Gasteiger partial charge in [0.25, 0.3) is 0 Å². The Bertz CT molecular complexity index is 767. The third-order valence-corrected chi connectivity index (χ3v) is 5.18. The van der Waals surface area contributed by atoms with Crippen LogP contribution in [0.25, 0.3) is 0 Å². The first-order chi connectivity index (χ1) is 14.6. The third kappa shape index (κ3) is 7.77. The van der Waals surface area contributed by atoms with Crippen LogP contribution >= 0.6 is 0 Å². The molecule has 1 aromatic rings. The number of piperidine rings is 1. The summed E-state index contributed by atoms with van der Waals surface area (Å²) in [5, 5.41) is 2.81. The predicted octanol–water partition coefficient (Wildman–Crippen LogP) is 3.52. The SMILES string of the molecule is CCN(CC(=O)Nc1ccccc1OC)C(=O)CC1CCN(C(=O)OC(C)(C)C)CC1. The van der Waals surface area contributed by atoms with E-state index >= 15 is 0 Å². The van der Waals surface area contributed by atoms with Crippen LogP contribution in [0.15, 0.2) is 24.3 Å². The van der Waals surface area contributed by atoms with Gasteiger partial charge >= 0.3 is 6.09 Å². The van der Waals surface area contributed by atoms with Gasteiger partial charge in [-0.2, -0.15) is 0 Å². The van der Waals surface area contributed by atoms with E-state index in [0.29, 0.717) is 37.5 Å². The van der Waals surface area contributed by atoms with Gasteiger partial charge in [0.1, 0.15) is 11.4 Å². The number of carbonyl (C=O) groups excluding carboxylic acids is 3. The maximum absolute atomic E-state index is 12.8. The summed E-state index contributed by atoms with van der Waals surface area (Å²) in [7, 11) is 1.54. The number of likely N-dealkylation sites (tertiary alicyclic amines) is 1. The maximum atomic E-state index is 12.8. The van der Waals surface area contributed by atoms with Gasteiger partial charge in [0.05, 0.1) is 19.3 Å². The van der Waals surface area contributed by atoms with E-state index in [-0.39, 0.29) is 30.4 Å². The first-order valence-electron chi connectivity index (χ1n) is 10.8. The zero-order valence-electron chi connectivity index (χ0n) is 19.3.